The second-order valence-electron chi connectivity index (χ2n) is 6.72. The van der Waals surface area contributed by atoms with Crippen molar-refractivity contribution in [1.82, 2.24) is 9.29 Å². The number of hydrogen-bond acceptors (Lipinski definition) is 6. The van der Waals surface area contributed by atoms with E-state index in [0.29, 0.717) is 23.9 Å². The fourth-order valence-electron chi connectivity index (χ4n) is 3.26. The number of pyridine rings is 1. The summed E-state index contributed by atoms with van der Waals surface area (Å²) in [6.45, 7) is 4.87. The minimum absolute atomic E-state index is 0.222. The summed E-state index contributed by atoms with van der Waals surface area (Å²) in [5.74, 6) is -0.977. The van der Waals surface area contributed by atoms with E-state index in [4.69, 9.17) is 16.3 Å². The zero-order valence-electron chi connectivity index (χ0n) is 15.8. The summed E-state index contributed by atoms with van der Waals surface area (Å²) in [6, 6.07) is 10.7. The van der Waals surface area contributed by atoms with E-state index < -0.39 is 5.97 Å². The molecule has 1 fully saturated rings. The van der Waals surface area contributed by atoms with E-state index in [1.807, 2.05) is 31.3 Å². The number of rotatable bonds is 5. The molecule has 2 aromatic carbocycles. The lowest BCUT2D eigenvalue weighted by atomic mass is 10.1. The smallest absolute Gasteiger partial charge is 0.337 e. The highest BCUT2D eigenvalue weighted by molar-refractivity contribution is 7.97. The quantitative estimate of drug-likeness (QED) is 0.554. The predicted octanol–water partition coefficient (Wildman–Crippen LogP) is 4.98. The Hall–Kier alpha value is -2.32. The predicted molar refractivity (Wildman–Crippen MR) is 116 cm³/mol. The maximum Gasteiger partial charge on any atom is 0.337 e. The van der Waals surface area contributed by atoms with Gasteiger partial charge in [0.2, 0.25) is 0 Å². The van der Waals surface area contributed by atoms with Crippen LogP contribution in [0.5, 0.6) is 0 Å². The molecule has 0 spiro atoms. The van der Waals surface area contributed by atoms with Gasteiger partial charge in [-0.25, -0.2) is 9.10 Å². The number of nitrogens with zero attached hydrogens (tertiary/aromatic N) is 2. The number of aromatic carboxylic acids is 1. The normalized spacial score (nSPS) is 14.8. The van der Waals surface area contributed by atoms with Gasteiger partial charge in [-0.3, -0.25) is 4.98 Å². The maximum atomic E-state index is 11.8. The highest BCUT2D eigenvalue weighted by atomic mass is 35.5. The number of carboxylic acids is 1. The van der Waals surface area contributed by atoms with Crippen LogP contribution < -0.4 is 5.32 Å². The molecule has 1 aliphatic rings. The first-order valence-corrected chi connectivity index (χ1v) is 10.4. The van der Waals surface area contributed by atoms with Gasteiger partial charge in [0.05, 0.1) is 40.6 Å². The van der Waals surface area contributed by atoms with Crippen molar-refractivity contribution in [2.75, 3.05) is 31.6 Å². The Balaban J connectivity index is 1.83. The standard InChI is InChI=1S/C21H20ClN3O3S/c1-13-3-2-4-15(21(26)27)19(13)24-20-16-11-14(22)5-6-17(16)23-12-18(20)29-25-7-9-28-10-8-25/h2-6,11-12H,7-10H2,1H3,(H,23,24)(H,26,27). The monoisotopic (exact) mass is 429 g/mol. The lowest BCUT2D eigenvalue weighted by Gasteiger charge is -2.26. The lowest BCUT2D eigenvalue weighted by Crippen LogP contribution is -2.31. The van der Waals surface area contributed by atoms with Crippen molar-refractivity contribution >= 4 is 51.8 Å². The van der Waals surface area contributed by atoms with Crippen molar-refractivity contribution in [2.45, 2.75) is 11.8 Å². The number of hydrogen-bond donors (Lipinski definition) is 2. The Morgan fingerprint density at radius 3 is 2.79 bits per heavy atom. The summed E-state index contributed by atoms with van der Waals surface area (Å²) in [7, 11) is 0. The number of para-hydroxylation sites is 1. The number of aromatic nitrogens is 1. The third kappa shape index (κ3) is 4.33. The summed E-state index contributed by atoms with van der Waals surface area (Å²) < 4.78 is 7.66. The van der Waals surface area contributed by atoms with Crippen LogP contribution in [0.15, 0.2) is 47.5 Å². The van der Waals surface area contributed by atoms with Crippen LogP contribution in [0.1, 0.15) is 15.9 Å². The largest absolute Gasteiger partial charge is 0.478 e. The molecule has 0 bridgehead atoms. The minimum Gasteiger partial charge on any atom is -0.478 e. The molecule has 2 heterocycles. The summed E-state index contributed by atoms with van der Waals surface area (Å²) in [5.41, 5.74) is 3.22. The second kappa shape index (κ2) is 8.59. The first-order chi connectivity index (χ1) is 14.0. The van der Waals surface area contributed by atoms with Gasteiger partial charge in [-0.1, -0.05) is 23.7 Å². The number of fused-ring (bicyclic) bond motifs is 1. The average Bonchev–Trinajstić information content (AvgIpc) is 2.71. The first kappa shape index (κ1) is 20.0. The molecule has 0 amide bonds. The van der Waals surface area contributed by atoms with Crippen LogP contribution >= 0.6 is 23.5 Å². The summed E-state index contributed by atoms with van der Waals surface area (Å²) in [6.07, 6.45) is 1.82. The van der Waals surface area contributed by atoms with Crippen molar-refractivity contribution in [2.24, 2.45) is 0 Å². The van der Waals surface area contributed by atoms with Gasteiger partial charge in [-0.05, 0) is 48.7 Å². The summed E-state index contributed by atoms with van der Waals surface area (Å²) >= 11 is 7.86. The molecule has 2 N–H and O–H groups in total. The molecule has 150 valence electrons. The van der Waals surface area contributed by atoms with Gasteiger partial charge in [0.25, 0.3) is 0 Å². The first-order valence-electron chi connectivity index (χ1n) is 9.22. The Kier molecular flexibility index (Phi) is 5.91. The van der Waals surface area contributed by atoms with E-state index in [-0.39, 0.29) is 5.56 Å². The average molecular weight is 430 g/mol. The molecule has 1 aromatic heterocycles. The molecule has 0 aliphatic carbocycles. The second-order valence-corrected chi connectivity index (χ2v) is 8.29. The van der Waals surface area contributed by atoms with E-state index in [1.54, 1.807) is 30.1 Å². The SMILES string of the molecule is Cc1cccc(C(=O)O)c1Nc1c(SN2CCOCC2)cnc2ccc(Cl)cc12. The molecule has 0 radical (unpaired) electrons. The number of aryl methyl sites for hydroxylation is 1. The third-order valence-electron chi connectivity index (χ3n) is 4.75. The van der Waals surface area contributed by atoms with Crippen molar-refractivity contribution in [3.63, 3.8) is 0 Å². The third-order valence-corrected chi connectivity index (χ3v) is 6.11. The van der Waals surface area contributed by atoms with E-state index in [1.165, 1.54) is 0 Å². The molecule has 4 rings (SSSR count). The number of carbonyl (C=O) groups is 1. The zero-order chi connectivity index (χ0) is 20.4. The van der Waals surface area contributed by atoms with Gasteiger partial charge in [0.15, 0.2) is 0 Å². The molecule has 1 saturated heterocycles. The van der Waals surface area contributed by atoms with Crippen LogP contribution in [0.25, 0.3) is 10.9 Å². The molecule has 3 aromatic rings. The van der Waals surface area contributed by atoms with Crippen LogP contribution in [0.2, 0.25) is 5.02 Å². The molecule has 0 saturated carbocycles. The van der Waals surface area contributed by atoms with Crippen molar-refractivity contribution < 1.29 is 14.6 Å². The number of nitrogens with one attached hydrogen (secondary N) is 1. The topological polar surface area (TPSA) is 74.7 Å². The van der Waals surface area contributed by atoms with Gasteiger partial charge in [0, 0.05) is 29.7 Å². The molecule has 6 nitrogen and oxygen atoms in total. The number of morpholine rings is 1. The number of halogens is 1. The fraction of sp³-hybridized carbons (Fsp3) is 0.238. The number of ether oxygens (including phenoxy) is 1. The van der Waals surface area contributed by atoms with E-state index in [9.17, 15) is 9.90 Å². The zero-order valence-corrected chi connectivity index (χ0v) is 17.4. The molecular weight excluding hydrogens is 410 g/mol. The summed E-state index contributed by atoms with van der Waals surface area (Å²) in [5, 5.41) is 14.5. The molecule has 0 atom stereocenters. The Morgan fingerprint density at radius 2 is 2.03 bits per heavy atom. The van der Waals surface area contributed by atoms with Gasteiger partial charge in [-0.15, -0.1) is 0 Å². The maximum absolute atomic E-state index is 11.8. The van der Waals surface area contributed by atoms with Gasteiger partial charge in [0.1, 0.15) is 0 Å². The van der Waals surface area contributed by atoms with Crippen molar-refractivity contribution in [3.8, 4) is 0 Å². The van der Waals surface area contributed by atoms with Crippen molar-refractivity contribution in [1.29, 1.82) is 0 Å². The Morgan fingerprint density at radius 1 is 1.24 bits per heavy atom. The van der Waals surface area contributed by atoms with Crippen LogP contribution in [0.3, 0.4) is 0 Å². The molecule has 8 heteroatoms. The van der Waals surface area contributed by atoms with Gasteiger partial charge in [-0.2, -0.15) is 0 Å². The molecular formula is C21H20ClN3O3S. The lowest BCUT2D eigenvalue weighted by molar-refractivity contribution is 0.0698. The van der Waals surface area contributed by atoms with Crippen LogP contribution in [-0.4, -0.2) is 46.7 Å². The van der Waals surface area contributed by atoms with Crippen LogP contribution in [0.4, 0.5) is 11.4 Å². The number of carboxylic acid groups (broad SMARTS) is 1. The highest BCUT2D eigenvalue weighted by Gasteiger charge is 2.19. The fourth-order valence-corrected chi connectivity index (χ4v) is 4.39. The number of anilines is 2. The van der Waals surface area contributed by atoms with Gasteiger partial charge >= 0.3 is 5.97 Å². The minimum atomic E-state index is -0.977. The Bertz CT molecular complexity index is 1070. The number of benzene rings is 2. The Labute approximate surface area is 178 Å². The van der Waals surface area contributed by atoms with E-state index >= 15 is 0 Å². The van der Waals surface area contributed by atoms with Crippen LogP contribution in [0, 0.1) is 6.92 Å². The van der Waals surface area contributed by atoms with Crippen molar-refractivity contribution in [3.05, 3.63) is 58.7 Å². The molecule has 1 aliphatic heterocycles. The van der Waals surface area contributed by atoms with Crippen LogP contribution in [-0.2, 0) is 4.74 Å². The molecule has 29 heavy (non-hydrogen) atoms. The summed E-state index contributed by atoms with van der Waals surface area (Å²) in [4.78, 5) is 17.3. The van der Waals surface area contributed by atoms with E-state index in [0.717, 1.165) is 40.1 Å². The highest BCUT2D eigenvalue weighted by Crippen LogP contribution is 2.39. The van der Waals surface area contributed by atoms with E-state index in [2.05, 4.69) is 14.6 Å². The molecule has 0 unspecified atom stereocenters. The van der Waals surface area contributed by atoms with Gasteiger partial charge < -0.3 is 15.2 Å².